The van der Waals surface area contributed by atoms with E-state index in [1.54, 1.807) is 0 Å². The summed E-state index contributed by atoms with van der Waals surface area (Å²) in [5.74, 6) is 0.284. The molecule has 0 aliphatic heterocycles. The van der Waals surface area contributed by atoms with Gasteiger partial charge in [0.2, 0.25) is 0 Å². The summed E-state index contributed by atoms with van der Waals surface area (Å²) in [4.78, 5) is 0. The molecule has 0 aromatic heterocycles. The minimum absolute atomic E-state index is 0.284. The van der Waals surface area contributed by atoms with Crippen molar-refractivity contribution in [3.8, 4) is 5.75 Å². The SMILES string of the molecule is Cc1cc(C)c(/C=C/CN)c(O)c1Br. The normalized spacial score (nSPS) is 11.1. The molecule has 0 amide bonds. The van der Waals surface area contributed by atoms with Crippen LogP contribution in [0.3, 0.4) is 0 Å². The lowest BCUT2D eigenvalue weighted by atomic mass is 10.0. The van der Waals surface area contributed by atoms with Crippen LogP contribution in [0.1, 0.15) is 16.7 Å². The van der Waals surface area contributed by atoms with Crippen LogP contribution in [0.2, 0.25) is 0 Å². The third-order valence-corrected chi connectivity index (χ3v) is 3.09. The summed E-state index contributed by atoms with van der Waals surface area (Å²) in [6, 6.07) is 2.03. The van der Waals surface area contributed by atoms with E-state index in [1.807, 2.05) is 32.1 Å². The Bertz CT molecular complexity index is 372. The molecule has 3 N–H and O–H groups in total. The lowest BCUT2D eigenvalue weighted by Crippen LogP contribution is -1.93. The van der Waals surface area contributed by atoms with E-state index in [0.29, 0.717) is 6.54 Å². The summed E-state index contributed by atoms with van der Waals surface area (Å²) in [5.41, 5.74) is 8.27. The van der Waals surface area contributed by atoms with Gasteiger partial charge < -0.3 is 10.8 Å². The number of phenols is 1. The van der Waals surface area contributed by atoms with Gasteiger partial charge in [-0.15, -0.1) is 0 Å². The molecular weight excluding hydrogens is 242 g/mol. The topological polar surface area (TPSA) is 46.2 Å². The number of hydrogen-bond donors (Lipinski definition) is 2. The van der Waals surface area contributed by atoms with Crippen molar-refractivity contribution in [3.63, 3.8) is 0 Å². The second-order valence-corrected chi connectivity index (χ2v) is 4.02. The van der Waals surface area contributed by atoms with Crippen LogP contribution in [0.5, 0.6) is 5.75 Å². The molecule has 1 aromatic carbocycles. The Hall–Kier alpha value is -0.800. The van der Waals surface area contributed by atoms with Crippen molar-refractivity contribution in [3.05, 3.63) is 33.3 Å². The predicted molar refractivity (Wildman–Crippen MR) is 63.4 cm³/mol. The smallest absolute Gasteiger partial charge is 0.137 e. The summed E-state index contributed by atoms with van der Waals surface area (Å²) in [7, 11) is 0. The zero-order valence-corrected chi connectivity index (χ0v) is 9.93. The second-order valence-electron chi connectivity index (χ2n) is 3.22. The molecule has 0 saturated heterocycles. The van der Waals surface area contributed by atoms with Crippen LogP contribution in [-0.4, -0.2) is 11.7 Å². The van der Waals surface area contributed by atoms with Gasteiger partial charge in [-0.25, -0.2) is 0 Å². The van der Waals surface area contributed by atoms with Crippen LogP contribution in [0, 0.1) is 13.8 Å². The fourth-order valence-corrected chi connectivity index (χ4v) is 1.68. The molecule has 0 saturated carbocycles. The Labute approximate surface area is 92.6 Å². The number of hydrogen-bond acceptors (Lipinski definition) is 2. The maximum Gasteiger partial charge on any atom is 0.137 e. The third-order valence-electron chi connectivity index (χ3n) is 2.09. The first-order valence-corrected chi connectivity index (χ1v) is 5.22. The average molecular weight is 256 g/mol. The monoisotopic (exact) mass is 255 g/mol. The maximum absolute atomic E-state index is 9.85. The first kappa shape index (κ1) is 11.3. The minimum atomic E-state index is 0.284. The molecule has 0 unspecified atom stereocenters. The van der Waals surface area contributed by atoms with E-state index < -0.39 is 0 Å². The molecule has 0 aliphatic carbocycles. The lowest BCUT2D eigenvalue weighted by molar-refractivity contribution is 0.469. The average Bonchev–Trinajstić information content (AvgIpc) is 2.14. The molecule has 0 heterocycles. The molecule has 0 bridgehead atoms. The van der Waals surface area contributed by atoms with Crippen LogP contribution < -0.4 is 5.73 Å². The molecule has 0 atom stereocenters. The van der Waals surface area contributed by atoms with E-state index in [-0.39, 0.29) is 5.75 Å². The number of halogens is 1. The Morgan fingerprint density at radius 3 is 2.64 bits per heavy atom. The van der Waals surface area contributed by atoms with Gasteiger partial charge in [0.05, 0.1) is 4.47 Å². The van der Waals surface area contributed by atoms with E-state index in [9.17, 15) is 5.11 Å². The summed E-state index contributed by atoms with van der Waals surface area (Å²) >= 11 is 3.34. The highest BCUT2D eigenvalue weighted by molar-refractivity contribution is 9.10. The van der Waals surface area contributed by atoms with Crippen molar-refractivity contribution < 1.29 is 5.11 Å². The number of rotatable bonds is 2. The van der Waals surface area contributed by atoms with Gasteiger partial charge in [-0.2, -0.15) is 0 Å². The number of aryl methyl sites for hydroxylation is 2. The van der Waals surface area contributed by atoms with Gasteiger partial charge in [0.15, 0.2) is 0 Å². The summed E-state index contributed by atoms with van der Waals surface area (Å²) in [6.45, 7) is 4.40. The van der Waals surface area contributed by atoms with Crippen LogP contribution in [0.15, 0.2) is 16.6 Å². The number of nitrogens with two attached hydrogens (primary N) is 1. The van der Waals surface area contributed by atoms with E-state index in [4.69, 9.17) is 5.73 Å². The molecule has 0 spiro atoms. The molecule has 0 fully saturated rings. The molecule has 14 heavy (non-hydrogen) atoms. The quantitative estimate of drug-likeness (QED) is 0.854. The Balaban J connectivity index is 3.29. The van der Waals surface area contributed by atoms with E-state index in [2.05, 4.69) is 15.9 Å². The third kappa shape index (κ3) is 2.16. The molecule has 0 radical (unpaired) electrons. The maximum atomic E-state index is 9.85. The standard InChI is InChI=1S/C11H14BrNO/c1-7-6-8(2)10(12)11(14)9(7)4-3-5-13/h3-4,6,14H,5,13H2,1-2H3/b4-3+. The van der Waals surface area contributed by atoms with Gasteiger partial charge in [0, 0.05) is 12.1 Å². The fourth-order valence-electron chi connectivity index (χ4n) is 1.35. The van der Waals surface area contributed by atoms with Gasteiger partial charge in [-0.1, -0.05) is 18.2 Å². The number of phenolic OH excluding ortho intramolecular Hbond substituents is 1. The zero-order chi connectivity index (χ0) is 10.7. The van der Waals surface area contributed by atoms with Gasteiger partial charge >= 0.3 is 0 Å². The molecule has 1 rings (SSSR count). The number of benzene rings is 1. The molecule has 2 nitrogen and oxygen atoms in total. The van der Waals surface area contributed by atoms with Crippen molar-refractivity contribution in [2.45, 2.75) is 13.8 Å². The lowest BCUT2D eigenvalue weighted by Gasteiger charge is -2.08. The first-order valence-electron chi connectivity index (χ1n) is 4.43. The van der Waals surface area contributed by atoms with Gasteiger partial charge in [0.1, 0.15) is 5.75 Å². The van der Waals surface area contributed by atoms with Crippen molar-refractivity contribution in [1.29, 1.82) is 0 Å². The van der Waals surface area contributed by atoms with E-state index in [0.717, 1.165) is 21.2 Å². The molecule has 76 valence electrons. The van der Waals surface area contributed by atoms with Crippen LogP contribution in [0.25, 0.3) is 6.08 Å². The van der Waals surface area contributed by atoms with Crippen LogP contribution in [-0.2, 0) is 0 Å². The summed E-state index contributed by atoms with van der Waals surface area (Å²) in [5, 5.41) is 9.85. The molecular formula is C11H14BrNO. The Morgan fingerprint density at radius 1 is 1.43 bits per heavy atom. The van der Waals surface area contributed by atoms with E-state index >= 15 is 0 Å². The van der Waals surface area contributed by atoms with Crippen molar-refractivity contribution in [2.24, 2.45) is 5.73 Å². The predicted octanol–water partition coefficient (Wildman–Crippen LogP) is 2.74. The van der Waals surface area contributed by atoms with Gasteiger partial charge in [0.25, 0.3) is 0 Å². The van der Waals surface area contributed by atoms with Crippen molar-refractivity contribution in [1.82, 2.24) is 0 Å². The zero-order valence-electron chi connectivity index (χ0n) is 8.34. The van der Waals surface area contributed by atoms with Gasteiger partial charge in [-0.3, -0.25) is 0 Å². The molecule has 1 aromatic rings. The highest BCUT2D eigenvalue weighted by Gasteiger charge is 2.08. The summed E-state index contributed by atoms with van der Waals surface area (Å²) < 4.78 is 0.750. The van der Waals surface area contributed by atoms with Crippen LogP contribution in [0.4, 0.5) is 0 Å². The highest BCUT2D eigenvalue weighted by atomic mass is 79.9. The largest absolute Gasteiger partial charge is 0.506 e. The second kappa shape index (κ2) is 4.62. The van der Waals surface area contributed by atoms with Crippen molar-refractivity contribution >= 4 is 22.0 Å². The fraction of sp³-hybridized carbons (Fsp3) is 0.273. The van der Waals surface area contributed by atoms with Crippen molar-refractivity contribution in [2.75, 3.05) is 6.54 Å². The first-order chi connectivity index (χ1) is 6.57. The van der Waals surface area contributed by atoms with Crippen LogP contribution >= 0.6 is 15.9 Å². The van der Waals surface area contributed by atoms with E-state index in [1.165, 1.54) is 0 Å². The minimum Gasteiger partial charge on any atom is -0.506 e. The molecule has 3 heteroatoms. The molecule has 0 aliphatic rings. The Morgan fingerprint density at radius 2 is 2.07 bits per heavy atom. The number of aromatic hydroxyl groups is 1. The van der Waals surface area contributed by atoms with Gasteiger partial charge in [-0.05, 0) is 40.9 Å². The Kier molecular flexibility index (Phi) is 3.72. The summed E-state index contributed by atoms with van der Waals surface area (Å²) in [6.07, 6.45) is 3.67. The highest BCUT2D eigenvalue weighted by Crippen LogP contribution is 2.34.